The van der Waals surface area contributed by atoms with Crippen molar-refractivity contribution in [1.29, 1.82) is 0 Å². The first-order chi connectivity index (χ1) is 40.5. The molecular formula is C55H84N14O17. The van der Waals surface area contributed by atoms with E-state index in [1.54, 1.807) is 58.0 Å². The number of aliphatic imine (C=N–C) groups is 1. The Morgan fingerprint density at radius 3 is 1.78 bits per heavy atom. The molecule has 476 valence electrons. The van der Waals surface area contributed by atoms with Crippen LogP contribution in [0, 0.1) is 17.8 Å². The van der Waals surface area contributed by atoms with Crippen LogP contribution in [0.2, 0.25) is 0 Å². The zero-order valence-electron chi connectivity index (χ0n) is 49.3. The Hall–Kier alpha value is -8.68. The van der Waals surface area contributed by atoms with Gasteiger partial charge in [0.1, 0.15) is 60.7 Å². The van der Waals surface area contributed by atoms with E-state index in [1.807, 2.05) is 5.32 Å². The monoisotopic (exact) mass is 1210 g/mol. The van der Waals surface area contributed by atoms with Crippen molar-refractivity contribution in [3.63, 3.8) is 0 Å². The van der Waals surface area contributed by atoms with E-state index in [2.05, 4.69) is 52.8 Å². The molecule has 1 aliphatic rings. The number of rotatable bonds is 19. The number of guanidine groups is 1. The van der Waals surface area contributed by atoms with E-state index in [4.69, 9.17) is 26.7 Å². The van der Waals surface area contributed by atoms with Crippen molar-refractivity contribution in [2.45, 2.75) is 153 Å². The van der Waals surface area contributed by atoms with E-state index < -0.39 is 163 Å². The van der Waals surface area contributed by atoms with Gasteiger partial charge in [-0.05, 0) is 67.2 Å². The third-order valence-electron chi connectivity index (χ3n) is 13.7. The number of benzene rings is 2. The molecule has 0 saturated carbocycles. The van der Waals surface area contributed by atoms with Gasteiger partial charge in [0.05, 0.1) is 38.5 Å². The summed E-state index contributed by atoms with van der Waals surface area (Å²) in [6, 6.07) is -2.85. The van der Waals surface area contributed by atoms with Crippen molar-refractivity contribution < 1.29 is 82.6 Å². The van der Waals surface area contributed by atoms with E-state index in [0.29, 0.717) is 5.56 Å². The first kappa shape index (κ1) is 71.6. The highest BCUT2D eigenvalue weighted by Crippen LogP contribution is 2.23. The van der Waals surface area contributed by atoms with Crippen LogP contribution in [-0.2, 0) is 59.3 Å². The molecule has 1 heterocycles. The second kappa shape index (κ2) is 34.9. The molecule has 2 aromatic rings. The Morgan fingerprint density at radius 1 is 0.663 bits per heavy atom. The lowest BCUT2D eigenvalue weighted by atomic mass is 9.94. The molecule has 0 unspecified atom stereocenters. The number of methoxy groups -OCH3 is 1. The second-order valence-corrected chi connectivity index (χ2v) is 21.3. The normalized spacial score (nSPS) is 24.3. The molecule has 2 aromatic carbocycles. The molecule has 31 heteroatoms. The van der Waals surface area contributed by atoms with E-state index in [9.17, 15) is 68.4 Å². The zero-order valence-corrected chi connectivity index (χ0v) is 49.3. The Bertz CT molecular complexity index is 2680. The third kappa shape index (κ3) is 22.4. The molecule has 11 amide bonds. The maximum atomic E-state index is 15.1. The summed E-state index contributed by atoms with van der Waals surface area (Å²) in [5.41, 5.74) is 16.9. The number of carbonyl (C=O) groups is 11. The molecule has 0 radical (unpaired) electrons. The fourth-order valence-corrected chi connectivity index (χ4v) is 8.57. The maximum absolute atomic E-state index is 15.1. The fourth-order valence-electron chi connectivity index (χ4n) is 8.57. The van der Waals surface area contributed by atoms with E-state index >= 15 is 4.79 Å². The van der Waals surface area contributed by atoms with E-state index in [1.165, 1.54) is 45.2 Å². The van der Waals surface area contributed by atoms with Gasteiger partial charge in [-0.25, -0.2) is 4.79 Å². The SMILES string of the molecule is CC[C@H](C)[C@@H]1NC(=O)[C@@H](CCCN=C(N)N)NC(=O)[C@H](CC(C)C)NC(=O)[C@H]([C@H](O)C(C)C)NC(=O)[C@H](NC(=O)OCc2ccccc2)[C@H](c2ccc(OC)cc2)NC(=O)[C@H](CO)NC(=O)[C@H]([C@H](O)C(N)=O)NC(=O)CNC(=O)[C@H]([C@H](C)O)NC1=O. The lowest BCUT2D eigenvalue weighted by Gasteiger charge is -2.33. The summed E-state index contributed by atoms with van der Waals surface area (Å²) in [6.07, 6.45) is -7.26. The number of amides is 11. The molecule has 0 bridgehead atoms. The number of hydrogen-bond donors (Lipinski definition) is 17. The number of aliphatic hydroxyl groups excluding tert-OH is 4. The summed E-state index contributed by atoms with van der Waals surface area (Å²) in [6.45, 7) is 8.07. The predicted molar refractivity (Wildman–Crippen MR) is 308 cm³/mol. The van der Waals surface area contributed by atoms with Gasteiger partial charge in [0.25, 0.3) is 0 Å². The minimum absolute atomic E-state index is 0.00510. The summed E-state index contributed by atoms with van der Waals surface area (Å²) in [7, 11) is 1.34. The topological polar surface area (TPSA) is 498 Å². The summed E-state index contributed by atoms with van der Waals surface area (Å²) < 4.78 is 10.8. The molecule has 1 fully saturated rings. The van der Waals surface area contributed by atoms with Crippen LogP contribution in [0.25, 0.3) is 0 Å². The fraction of sp³-hybridized carbons (Fsp3) is 0.564. The standard InChI is InChI=1S/C55H84N14O17/c1-9-28(6)37-50(80)66-38(29(7)71)49(79)60-23-36(72)64-42(44(74)45(56)75)53(83)63-35(24-70)48(78)67-39(31-17-19-32(85-8)20-18-31)40(69-55(84)86-25-30-14-11-10-12-15-30)51(81)68-41(43(73)27(4)5)52(82)62-34(22-26(2)3)47(77)61-33(46(76)65-37)16-13-21-59-54(57)58/h10-12,14-15,17-20,26-29,33-35,37-44,70-71,73-74H,9,13,16,21-25H2,1-8H3,(H2,56,75)(H,60,79)(H,61,77)(H,62,82)(H,63,83)(H,64,72)(H,65,76)(H,66,80)(H,67,78)(H,68,81)(H,69,84)(H4,57,58,59)/t28-,29-,33+,34-,35-,37-,38-,39-,40+,41-,42-,43+,44-/m0/s1. The van der Waals surface area contributed by atoms with Crippen LogP contribution < -0.4 is 75.1 Å². The van der Waals surface area contributed by atoms with Crippen LogP contribution in [0.4, 0.5) is 4.79 Å². The smallest absolute Gasteiger partial charge is 0.408 e. The summed E-state index contributed by atoms with van der Waals surface area (Å²) >= 11 is 0. The molecule has 31 nitrogen and oxygen atoms in total. The van der Waals surface area contributed by atoms with Crippen molar-refractivity contribution in [2.24, 2.45) is 39.9 Å². The molecule has 86 heavy (non-hydrogen) atoms. The van der Waals surface area contributed by atoms with E-state index in [-0.39, 0.29) is 62.0 Å². The minimum atomic E-state index is -2.54. The Labute approximate surface area is 497 Å². The first-order valence-electron chi connectivity index (χ1n) is 27.8. The number of carbonyl (C=O) groups excluding carboxylic acids is 11. The molecule has 0 aromatic heterocycles. The number of nitrogens with one attached hydrogen (secondary N) is 10. The van der Waals surface area contributed by atoms with Gasteiger partial charge >= 0.3 is 6.09 Å². The lowest BCUT2D eigenvalue weighted by molar-refractivity contribution is -0.140. The predicted octanol–water partition coefficient (Wildman–Crippen LogP) is -4.95. The van der Waals surface area contributed by atoms with Gasteiger partial charge in [-0.1, -0.05) is 90.4 Å². The second-order valence-electron chi connectivity index (χ2n) is 21.3. The van der Waals surface area contributed by atoms with Gasteiger partial charge in [0.2, 0.25) is 59.1 Å². The van der Waals surface area contributed by atoms with Crippen molar-refractivity contribution >= 4 is 71.1 Å². The van der Waals surface area contributed by atoms with Crippen LogP contribution in [0.1, 0.15) is 91.3 Å². The largest absolute Gasteiger partial charge is 0.497 e. The first-order valence-corrected chi connectivity index (χ1v) is 27.8. The average Bonchev–Trinajstić information content (AvgIpc) is 2.29. The van der Waals surface area contributed by atoms with Crippen LogP contribution in [0.3, 0.4) is 0 Å². The summed E-state index contributed by atoms with van der Waals surface area (Å²) in [5, 5.41) is 67.7. The maximum Gasteiger partial charge on any atom is 0.408 e. The molecule has 3 rings (SSSR count). The Balaban J connectivity index is 2.36. The number of hydrogen-bond acceptors (Lipinski definition) is 18. The molecule has 0 aliphatic carbocycles. The molecular weight excluding hydrogens is 1130 g/mol. The molecule has 0 spiro atoms. The number of ether oxygens (including phenoxy) is 2. The average molecular weight is 1210 g/mol. The van der Waals surface area contributed by atoms with Crippen LogP contribution in [-0.4, -0.2) is 185 Å². The highest BCUT2D eigenvalue weighted by molar-refractivity contribution is 6.00. The van der Waals surface area contributed by atoms with Gasteiger partial charge in [-0.2, -0.15) is 0 Å². The minimum Gasteiger partial charge on any atom is -0.497 e. The highest BCUT2D eigenvalue weighted by atomic mass is 16.5. The van der Waals surface area contributed by atoms with Gasteiger partial charge in [-0.15, -0.1) is 0 Å². The number of nitrogens with two attached hydrogens (primary N) is 3. The van der Waals surface area contributed by atoms with Crippen molar-refractivity contribution in [3.05, 3.63) is 65.7 Å². The van der Waals surface area contributed by atoms with Crippen molar-refractivity contribution in [1.82, 2.24) is 53.2 Å². The highest BCUT2D eigenvalue weighted by Gasteiger charge is 2.42. The Kier molecular flexibility index (Phi) is 29.1. The van der Waals surface area contributed by atoms with Gasteiger partial charge < -0.3 is 100 Å². The number of primary amides is 1. The molecule has 1 saturated heterocycles. The van der Waals surface area contributed by atoms with Crippen molar-refractivity contribution in [2.75, 3.05) is 26.8 Å². The third-order valence-corrected chi connectivity index (χ3v) is 13.7. The lowest BCUT2D eigenvalue weighted by Crippen LogP contribution is -2.64. The summed E-state index contributed by atoms with van der Waals surface area (Å²) in [5.74, 6) is -14.2. The molecule has 13 atom stereocenters. The number of aliphatic hydroxyl groups is 4. The van der Waals surface area contributed by atoms with E-state index in [0.717, 1.165) is 6.92 Å². The quantitative estimate of drug-likeness (QED) is 0.0356. The summed E-state index contributed by atoms with van der Waals surface area (Å²) in [4.78, 5) is 159. The van der Waals surface area contributed by atoms with Crippen LogP contribution in [0.5, 0.6) is 5.75 Å². The van der Waals surface area contributed by atoms with Crippen molar-refractivity contribution in [3.8, 4) is 5.75 Å². The Morgan fingerprint density at radius 2 is 1.22 bits per heavy atom. The molecule has 1 aliphatic heterocycles. The van der Waals surface area contributed by atoms with Crippen LogP contribution in [0.15, 0.2) is 59.6 Å². The molecule has 20 N–H and O–H groups in total. The van der Waals surface area contributed by atoms with Gasteiger partial charge in [0.15, 0.2) is 12.1 Å². The van der Waals surface area contributed by atoms with Gasteiger partial charge in [-0.3, -0.25) is 52.9 Å². The number of alkyl carbamates (subject to hydrolysis) is 1. The van der Waals surface area contributed by atoms with Crippen LogP contribution >= 0.6 is 0 Å². The van der Waals surface area contributed by atoms with Gasteiger partial charge in [0, 0.05) is 6.54 Å². The zero-order chi connectivity index (χ0) is 64.5. The number of nitrogens with zero attached hydrogens (tertiary/aromatic N) is 1.